The Hall–Kier alpha value is -1.09. The molecule has 0 atom stereocenters. The van der Waals surface area contributed by atoms with E-state index in [1.54, 1.807) is 16.4 Å². The lowest BCUT2D eigenvalue weighted by Gasteiger charge is -2.35. The van der Waals surface area contributed by atoms with E-state index in [4.69, 9.17) is 4.74 Å². The van der Waals surface area contributed by atoms with Crippen LogP contribution < -0.4 is 9.64 Å². The van der Waals surface area contributed by atoms with Crippen molar-refractivity contribution in [3.8, 4) is 5.75 Å². The van der Waals surface area contributed by atoms with Crippen molar-refractivity contribution < 1.29 is 13.2 Å². The molecule has 1 heterocycles. The molecular weight excluding hydrogens is 484 g/mol. The molecule has 0 radical (unpaired) electrons. The molecule has 8 heteroatoms. The molecule has 2 aromatic carbocycles. The van der Waals surface area contributed by atoms with Crippen LogP contribution in [0.4, 0.5) is 5.69 Å². The van der Waals surface area contributed by atoms with E-state index >= 15 is 0 Å². The first-order valence-electron chi connectivity index (χ1n) is 8.35. The zero-order valence-corrected chi connectivity index (χ0v) is 18.3. The van der Waals surface area contributed by atoms with E-state index in [1.807, 2.05) is 37.3 Å². The molecule has 2 aromatic rings. The van der Waals surface area contributed by atoms with Crippen molar-refractivity contribution in [2.75, 3.05) is 37.7 Å². The van der Waals surface area contributed by atoms with Gasteiger partial charge in [0.2, 0.25) is 10.0 Å². The zero-order chi connectivity index (χ0) is 18.7. The Labute approximate surface area is 171 Å². The zero-order valence-electron chi connectivity index (χ0n) is 14.4. The van der Waals surface area contributed by atoms with E-state index in [1.165, 1.54) is 0 Å². The molecule has 1 saturated heterocycles. The lowest BCUT2D eigenvalue weighted by molar-refractivity contribution is 0.340. The predicted molar refractivity (Wildman–Crippen MR) is 110 cm³/mol. The molecule has 5 nitrogen and oxygen atoms in total. The smallest absolute Gasteiger partial charge is 0.244 e. The second-order valence-corrected chi connectivity index (χ2v) is 9.57. The van der Waals surface area contributed by atoms with Crippen LogP contribution in [0.15, 0.2) is 56.3 Å². The van der Waals surface area contributed by atoms with Gasteiger partial charge in [-0.15, -0.1) is 0 Å². The lowest BCUT2D eigenvalue weighted by Crippen LogP contribution is -2.48. The highest BCUT2D eigenvalue weighted by Crippen LogP contribution is 2.29. The molecule has 0 aromatic heterocycles. The summed E-state index contributed by atoms with van der Waals surface area (Å²) in [4.78, 5) is 2.49. The molecule has 0 bridgehead atoms. The Morgan fingerprint density at radius 1 is 1.00 bits per heavy atom. The number of nitrogens with zero attached hydrogens (tertiary/aromatic N) is 2. The molecule has 1 fully saturated rings. The highest BCUT2D eigenvalue weighted by Gasteiger charge is 2.30. The van der Waals surface area contributed by atoms with Gasteiger partial charge in [0.05, 0.1) is 11.5 Å². The summed E-state index contributed by atoms with van der Waals surface area (Å²) in [6, 6.07) is 13.1. The highest BCUT2D eigenvalue weighted by atomic mass is 79.9. The summed E-state index contributed by atoms with van der Waals surface area (Å²) in [5, 5.41) is 0. The fraction of sp³-hybridized carbons (Fsp3) is 0.333. The summed E-state index contributed by atoms with van der Waals surface area (Å²) in [5.41, 5.74) is 1.08. The molecule has 0 aliphatic carbocycles. The summed E-state index contributed by atoms with van der Waals surface area (Å²) in [7, 11) is -3.53. The number of hydrogen-bond acceptors (Lipinski definition) is 4. The van der Waals surface area contributed by atoms with Gasteiger partial charge in [-0.2, -0.15) is 4.31 Å². The van der Waals surface area contributed by atoms with Crippen LogP contribution in [-0.4, -0.2) is 45.5 Å². The first-order chi connectivity index (χ1) is 12.4. The van der Waals surface area contributed by atoms with Gasteiger partial charge in [0.1, 0.15) is 5.75 Å². The highest BCUT2D eigenvalue weighted by molar-refractivity contribution is 9.11. The Balaban J connectivity index is 1.70. The van der Waals surface area contributed by atoms with Crippen molar-refractivity contribution in [1.29, 1.82) is 0 Å². The van der Waals surface area contributed by atoms with Crippen molar-refractivity contribution >= 4 is 47.6 Å². The standard InChI is InChI=1S/C18H20Br2N2O3S/c1-2-25-16-6-4-15(5-7-16)21-9-11-22(12-10-21)26(23,24)18-13-14(19)3-8-17(18)20/h3-8,13H,2,9-12H2,1H3. The molecular formula is C18H20Br2N2O3S. The number of piperazine rings is 1. The second-order valence-electron chi connectivity index (χ2n) is 5.89. The van der Waals surface area contributed by atoms with Gasteiger partial charge in [-0.1, -0.05) is 15.9 Å². The fourth-order valence-corrected chi connectivity index (χ4v) is 5.81. The van der Waals surface area contributed by atoms with E-state index in [-0.39, 0.29) is 0 Å². The van der Waals surface area contributed by atoms with Crippen LogP contribution in [0.3, 0.4) is 0 Å². The molecule has 140 valence electrons. The third kappa shape index (κ3) is 4.24. The first kappa shape index (κ1) is 19.7. The topological polar surface area (TPSA) is 49.9 Å². The maximum Gasteiger partial charge on any atom is 0.244 e. The molecule has 0 saturated carbocycles. The van der Waals surface area contributed by atoms with Crippen LogP contribution in [0.25, 0.3) is 0 Å². The number of hydrogen-bond donors (Lipinski definition) is 0. The van der Waals surface area contributed by atoms with Crippen LogP contribution >= 0.6 is 31.9 Å². The number of ether oxygens (including phenoxy) is 1. The Morgan fingerprint density at radius 3 is 2.27 bits per heavy atom. The first-order valence-corrected chi connectivity index (χ1v) is 11.4. The molecule has 1 aliphatic heterocycles. The molecule has 3 rings (SSSR count). The number of anilines is 1. The largest absolute Gasteiger partial charge is 0.494 e. The summed E-state index contributed by atoms with van der Waals surface area (Å²) < 4.78 is 34.3. The fourth-order valence-electron chi connectivity index (χ4n) is 2.92. The summed E-state index contributed by atoms with van der Waals surface area (Å²) >= 11 is 6.70. The third-order valence-electron chi connectivity index (χ3n) is 4.26. The van der Waals surface area contributed by atoms with Gasteiger partial charge in [-0.3, -0.25) is 0 Å². The van der Waals surface area contributed by atoms with Gasteiger partial charge < -0.3 is 9.64 Å². The number of rotatable bonds is 5. The summed E-state index contributed by atoms with van der Waals surface area (Å²) in [6.07, 6.45) is 0. The molecule has 0 unspecified atom stereocenters. The predicted octanol–water partition coefficient (Wildman–Crippen LogP) is 4.12. The Kier molecular flexibility index (Phi) is 6.27. The van der Waals surface area contributed by atoms with Crippen LogP contribution in [0.5, 0.6) is 5.75 Å². The summed E-state index contributed by atoms with van der Waals surface area (Å²) in [5.74, 6) is 0.844. The number of halogens is 2. The average Bonchev–Trinajstić information content (AvgIpc) is 2.65. The number of sulfonamides is 1. The van der Waals surface area contributed by atoms with Gasteiger partial charge in [-0.05, 0) is 65.3 Å². The minimum atomic E-state index is -3.53. The van der Waals surface area contributed by atoms with Crippen molar-refractivity contribution in [3.05, 3.63) is 51.4 Å². The van der Waals surface area contributed by atoms with Crippen LogP contribution in [0.1, 0.15) is 6.92 Å². The maximum atomic E-state index is 13.0. The van der Waals surface area contributed by atoms with Crippen LogP contribution in [0, 0.1) is 0 Å². The normalized spacial score (nSPS) is 15.9. The van der Waals surface area contributed by atoms with Crippen LogP contribution in [-0.2, 0) is 10.0 Å². The molecule has 0 amide bonds. The van der Waals surface area contributed by atoms with E-state index in [0.29, 0.717) is 42.2 Å². The quantitative estimate of drug-likeness (QED) is 0.615. The van der Waals surface area contributed by atoms with Gasteiger partial charge in [0.15, 0.2) is 0 Å². The van der Waals surface area contributed by atoms with E-state index in [9.17, 15) is 8.42 Å². The third-order valence-corrected chi connectivity index (χ3v) is 7.65. The van der Waals surface area contributed by atoms with E-state index in [0.717, 1.165) is 15.9 Å². The van der Waals surface area contributed by atoms with Crippen molar-refractivity contribution in [3.63, 3.8) is 0 Å². The van der Waals surface area contributed by atoms with E-state index in [2.05, 4.69) is 36.8 Å². The minimum Gasteiger partial charge on any atom is -0.494 e. The molecule has 26 heavy (non-hydrogen) atoms. The SMILES string of the molecule is CCOc1ccc(N2CCN(S(=O)(=O)c3cc(Br)ccc3Br)CC2)cc1. The van der Waals surface area contributed by atoms with Crippen LogP contribution in [0.2, 0.25) is 0 Å². The van der Waals surface area contributed by atoms with Crippen molar-refractivity contribution in [1.82, 2.24) is 4.31 Å². The van der Waals surface area contributed by atoms with Gasteiger partial charge >= 0.3 is 0 Å². The van der Waals surface area contributed by atoms with E-state index < -0.39 is 10.0 Å². The monoisotopic (exact) mass is 502 g/mol. The lowest BCUT2D eigenvalue weighted by atomic mass is 10.2. The van der Waals surface area contributed by atoms with Gasteiger partial charge in [0.25, 0.3) is 0 Å². The Bertz CT molecular complexity index is 865. The average molecular weight is 504 g/mol. The minimum absolute atomic E-state index is 0.293. The maximum absolute atomic E-state index is 13.0. The van der Waals surface area contributed by atoms with Crippen molar-refractivity contribution in [2.24, 2.45) is 0 Å². The van der Waals surface area contributed by atoms with Gasteiger partial charge in [0, 0.05) is 40.8 Å². The van der Waals surface area contributed by atoms with Gasteiger partial charge in [-0.25, -0.2) is 8.42 Å². The molecule has 0 spiro atoms. The number of benzene rings is 2. The Morgan fingerprint density at radius 2 is 1.65 bits per heavy atom. The molecule has 0 N–H and O–H groups in total. The molecule has 1 aliphatic rings. The second kappa shape index (κ2) is 8.29. The van der Waals surface area contributed by atoms with Crippen molar-refractivity contribution in [2.45, 2.75) is 11.8 Å². The summed E-state index contributed by atoms with van der Waals surface area (Å²) in [6.45, 7) is 4.80.